The van der Waals surface area contributed by atoms with Crippen LogP contribution >= 0.6 is 15.9 Å². The van der Waals surface area contributed by atoms with Crippen molar-refractivity contribution in [2.75, 3.05) is 5.33 Å². The maximum absolute atomic E-state index is 13.2. The van der Waals surface area contributed by atoms with Crippen molar-refractivity contribution in [3.8, 4) is 5.69 Å². The lowest BCUT2D eigenvalue weighted by Gasteiger charge is -2.01. The van der Waals surface area contributed by atoms with Crippen LogP contribution in [0.25, 0.3) is 5.69 Å². The summed E-state index contributed by atoms with van der Waals surface area (Å²) >= 11 is 3.34. The van der Waals surface area contributed by atoms with Crippen molar-refractivity contribution in [3.63, 3.8) is 0 Å². The lowest BCUT2D eigenvalue weighted by atomic mass is 10.2. The van der Waals surface area contributed by atoms with E-state index in [2.05, 4.69) is 26.2 Å². The molecule has 5 heteroatoms. The first-order valence-electron chi connectivity index (χ1n) is 4.94. The normalized spacial score (nSPS) is 10.7. The minimum Gasteiger partial charge on any atom is -0.220 e. The Balaban J connectivity index is 2.34. The number of aromatic nitrogens is 3. The Bertz CT molecular complexity index is 475. The van der Waals surface area contributed by atoms with E-state index in [0.717, 1.165) is 23.0 Å². The number of alkyl halides is 1. The summed E-state index contributed by atoms with van der Waals surface area (Å²) in [4.78, 5) is 0. The van der Waals surface area contributed by atoms with Gasteiger partial charge in [0.15, 0.2) is 0 Å². The lowest BCUT2D eigenvalue weighted by molar-refractivity contribution is 0.623. The van der Waals surface area contributed by atoms with E-state index in [9.17, 15) is 4.39 Å². The average Bonchev–Trinajstić information content (AvgIpc) is 2.65. The summed E-state index contributed by atoms with van der Waals surface area (Å²) in [5, 5.41) is 8.81. The van der Waals surface area contributed by atoms with Crippen LogP contribution in [0.2, 0.25) is 0 Å². The minimum absolute atomic E-state index is 0.257. The van der Waals surface area contributed by atoms with Crippen LogP contribution in [-0.2, 0) is 6.42 Å². The molecule has 2 rings (SSSR count). The van der Waals surface area contributed by atoms with Gasteiger partial charge in [0.05, 0.1) is 17.6 Å². The highest BCUT2D eigenvalue weighted by Gasteiger charge is 2.04. The molecular weight excluding hydrogens is 273 g/mol. The highest BCUT2D eigenvalue weighted by Crippen LogP contribution is 2.12. The van der Waals surface area contributed by atoms with Gasteiger partial charge < -0.3 is 0 Å². The second kappa shape index (κ2) is 4.74. The molecule has 0 bridgehead atoms. The molecule has 1 aromatic heterocycles. The molecule has 0 radical (unpaired) electrons. The molecule has 3 nitrogen and oxygen atoms in total. The maximum atomic E-state index is 13.2. The van der Waals surface area contributed by atoms with Gasteiger partial charge in [-0.05, 0) is 30.7 Å². The van der Waals surface area contributed by atoms with Crippen LogP contribution in [-0.4, -0.2) is 20.3 Å². The van der Waals surface area contributed by atoms with E-state index in [0.29, 0.717) is 5.69 Å². The largest absolute Gasteiger partial charge is 0.220 e. The number of nitrogens with zero attached hydrogens (tertiary/aromatic N) is 3. The quantitative estimate of drug-likeness (QED) is 0.811. The molecule has 0 aliphatic rings. The predicted molar refractivity (Wildman–Crippen MR) is 63.6 cm³/mol. The Morgan fingerprint density at radius 3 is 2.88 bits per heavy atom. The van der Waals surface area contributed by atoms with Gasteiger partial charge in [0.25, 0.3) is 0 Å². The smallest absolute Gasteiger partial charge is 0.125 e. The molecule has 0 spiro atoms. The number of hydrogen-bond donors (Lipinski definition) is 0. The van der Waals surface area contributed by atoms with Crippen molar-refractivity contribution >= 4 is 15.9 Å². The van der Waals surface area contributed by atoms with E-state index in [1.807, 2.05) is 19.2 Å². The second-order valence-corrected chi connectivity index (χ2v) is 4.37. The lowest BCUT2D eigenvalue weighted by Crippen LogP contribution is -1.96. The van der Waals surface area contributed by atoms with Crippen LogP contribution in [0.4, 0.5) is 4.39 Å². The Labute approximate surface area is 101 Å². The van der Waals surface area contributed by atoms with Crippen molar-refractivity contribution < 1.29 is 4.39 Å². The highest BCUT2D eigenvalue weighted by molar-refractivity contribution is 9.09. The van der Waals surface area contributed by atoms with Crippen molar-refractivity contribution in [3.05, 3.63) is 41.5 Å². The third-order valence-electron chi connectivity index (χ3n) is 2.18. The first kappa shape index (κ1) is 11.3. The Hall–Kier alpha value is -1.23. The summed E-state index contributed by atoms with van der Waals surface area (Å²) in [6.07, 6.45) is 2.63. The molecule has 0 amide bonds. The van der Waals surface area contributed by atoms with Crippen LogP contribution in [0.15, 0.2) is 24.4 Å². The van der Waals surface area contributed by atoms with Crippen molar-refractivity contribution in [1.29, 1.82) is 0 Å². The molecular formula is C11H11BrFN3. The standard InChI is InChI=1S/C11H11BrFN3/c1-8-4-9(13)6-11(5-8)16-7-10(2-3-12)14-15-16/h4-7H,2-3H2,1H3. The first-order valence-corrected chi connectivity index (χ1v) is 6.06. The molecule has 0 aliphatic carbocycles. The van der Waals surface area contributed by atoms with Crippen LogP contribution in [0.1, 0.15) is 11.3 Å². The summed E-state index contributed by atoms with van der Waals surface area (Å²) in [5.74, 6) is -0.257. The van der Waals surface area contributed by atoms with Gasteiger partial charge in [-0.2, -0.15) is 0 Å². The van der Waals surface area contributed by atoms with E-state index in [1.165, 1.54) is 12.1 Å². The number of aryl methyl sites for hydroxylation is 2. The van der Waals surface area contributed by atoms with E-state index in [4.69, 9.17) is 0 Å². The Morgan fingerprint density at radius 2 is 2.19 bits per heavy atom. The monoisotopic (exact) mass is 283 g/mol. The van der Waals surface area contributed by atoms with E-state index in [-0.39, 0.29) is 5.82 Å². The second-order valence-electron chi connectivity index (χ2n) is 3.58. The maximum Gasteiger partial charge on any atom is 0.125 e. The number of rotatable bonds is 3. The molecule has 0 saturated heterocycles. The van der Waals surface area contributed by atoms with Crippen molar-refractivity contribution in [2.24, 2.45) is 0 Å². The fourth-order valence-electron chi connectivity index (χ4n) is 1.49. The number of hydrogen-bond acceptors (Lipinski definition) is 2. The third kappa shape index (κ3) is 2.47. The fraction of sp³-hybridized carbons (Fsp3) is 0.273. The van der Waals surface area contributed by atoms with Gasteiger partial charge in [0.1, 0.15) is 5.82 Å². The molecule has 1 aromatic carbocycles. The van der Waals surface area contributed by atoms with Gasteiger partial charge in [0.2, 0.25) is 0 Å². The molecule has 84 valence electrons. The van der Waals surface area contributed by atoms with Gasteiger partial charge in [0, 0.05) is 11.8 Å². The molecule has 0 saturated carbocycles. The van der Waals surface area contributed by atoms with Gasteiger partial charge in [-0.1, -0.05) is 21.1 Å². The van der Waals surface area contributed by atoms with Crippen LogP contribution < -0.4 is 0 Å². The fourth-order valence-corrected chi connectivity index (χ4v) is 1.89. The first-order chi connectivity index (χ1) is 7.69. The molecule has 0 N–H and O–H groups in total. The van der Waals surface area contributed by atoms with Gasteiger partial charge in [-0.3, -0.25) is 0 Å². The molecule has 16 heavy (non-hydrogen) atoms. The predicted octanol–water partition coefficient (Wildman–Crippen LogP) is 2.65. The van der Waals surface area contributed by atoms with Crippen molar-refractivity contribution in [2.45, 2.75) is 13.3 Å². The summed E-state index contributed by atoms with van der Waals surface area (Å²) in [7, 11) is 0. The van der Waals surface area contributed by atoms with E-state index < -0.39 is 0 Å². The van der Waals surface area contributed by atoms with Crippen LogP contribution in [0, 0.1) is 12.7 Å². The minimum atomic E-state index is -0.257. The Morgan fingerprint density at radius 1 is 1.38 bits per heavy atom. The summed E-state index contributed by atoms with van der Waals surface area (Å²) < 4.78 is 14.8. The topological polar surface area (TPSA) is 30.7 Å². The zero-order chi connectivity index (χ0) is 11.5. The Kier molecular flexibility index (Phi) is 3.33. The molecule has 0 atom stereocenters. The van der Waals surface area contributed by atoms with Crippen molar-refractivity contribution in [1.82, 2.24) is 15.0 Å². The molecule has 0 unspecified atom stereocenters. The van der Waals surface area contributed by atoms with Gasteiger partial charge >= 0.3 is 0 Å². The third-order valence-corrected chi connectivity index (χ3v) is 2.58. The molecule has 0 fully saturated rings. The summed E-state index contributed by atoms with van der Waals surface area (Å²) in [6.45, 7) is 1.85. The van der Waals surface area contributed by atoms with Gasteiger partial charge in [-0.15, -0.1) is 5.10 Å². The zero-order valence-corrected chi connectivity index (χ0v) is 10.4. The number of halogens is 2. The average molecular weight is 284 g/mol. The van der Waals surface area contributed by atoms with Crippen LogP contribution in [0.3, 0.4) is 0 Å². The summed E-state index contributed by atoms with van der Waals surface area (Å²) in [6, 6.07) is 4.80. The summed E-state index contributed by atoms with van der Waals surface area (Å²) in [5.41, 5.74) is 2.46. The van der Waals surface area contributed by atoms with Crippen LogP contribution in [0.5, 0.6) is 0 Å². The molecule has 1 heterocycles. The van der Waals surface area contributed by atoms with E-state index >= 15 is 0 Å². The van der Waals surface area contributed by atoms with E-state index in [1.54, 1.807) is 4.68 Å². The molecule has 2 aromatic rings. The number of benzene rings is 1. The SMILES string of the molecule is Cc1cc(F)cc(-n2cc(CCBr)nn2)c1. The highest BCUT2D eigenvalue weighted by atomic mass is 79.9. The van der Waals surface area contributed by atoms with Gasteiger partial charge in [-0.25, -0.2) is 9.07 Å². The zero-order valence-electron chi connectivity index (χ0n) is 8.82. The molecule has 0 aliphatic heterocycles.